The van der Waals surface area contributed by atoms with Gasteiger partial charge >= 0.3 is 0 Å². The summed E-state index contributed by atoms with van der Waals surface area (Å²) in [4.78, 5) is 0. The molecule has 92 valence electrons. The Bertz CT molecular complexity index is 350. The minimum atomic E-state index is 0.318. The van der Waals surface area contributed by atoms with Gasteiger partial charge in [-0.3, -0.25) is 4.68 Å². The normalized spacial score (nSPS) is 12.1. The smallest absolute Gasteiger partial charge is 0.0739 e. The molecule has 1 rings (SSSR count). The fourth-order valence-electron chi connectivity index (χ4n) is 1.59. The first kappa shape index (κ1) is 13.7. The third kappa shape index (κ3) is 3.59. The fourth-order valence-corrected chi connectivity index (χ4v) is 2.02. The van der Waals surface area contributed by atoms with Crippen LogP contribution in [0.15, 0.2) is 4.47 Å². The Morgan fingerprint density at radius 2 is 2.00 bits per heavy atom. The topological polar surface area (TPSA) is 29.9 Å². The van der Waals surface area contributed by atoms with Crippen molar-refractivity contribution in [2.24, 2.45) is 5.41 Å². The van der Waals surface area contributed by atoms with Crippen molar-refractivity contribution in [1.82, 2.24) is 15.1 Å². The molecule has 0 aliphatic rings. The molecule has 0 fully saturated rings. The molecule has 16 heavy (non-hydrogen) atoms. The number of hydrogen-bond acceptors (Lipinski definition) is 2. The van der Waals surface area contributed by atoms with E-state index in [2.05, 4.69) is 58.7 Å². The number of halogens is 1. The molecule has 0 saturated heterocycles. The van der Waals surface area contributed by atoms with Crippen molar-refractivity contribution in [3.8, 4) is 0 Å². The van der Waals surface area contributed by atoms with Crippen molar-refractivity contribution < 1.29 is 0 Å². The van der Waals surface area contributed by atoms with E-state index >= 15 is 0 Å². The first-order valence-electron chi connectivity index (χ1n) is 5.77. The van der Waals surface area contributed by atoms with Gasteiger partial charge in [-0.25, -0.2) is 0 Å². The summed E-state index contributed by atoms with van der Waals surface area (Å²) in [6.07, 6.45) is 0. The monoisotopic (exact) mass is 287 g/mol. The summed E-state index contributed by atoms with van der Waals surface area (Å²) in [5.41, 5.74) is 2.62. The third-order valence-corrected chi connectivity index (χ3v) is 3.43. The summed E-state index contributed by atoms with van der Waals surface area (Å²) in [5.74, 6) is 0. The van der Waals surface area contributed by atoms with Crippen LogP contribution in [0.4, 0.5) is 0 Å². The van der Waals surface area contributed by atoms with E-state index in [1.165, 1.54) is 5.69 Å². The highest BCUT2D eigenvalue weighted by Crippen LogP contribution is 2.21. The van der Waals surface area contributed by atoms with Crippen molar-refractivity contribution in [3.05, 3.63) is 15.9 Å². The lowest BCUT2D eigenvalue weighted by Gasteiger charge is -2.19. The Hall–Kier alpha value is -0.350. The van der Waals surface area contributed by atoms with E-state index in [0.29, 0.717) is 5.41 Å². The number of nitrogens with one attached hydrogen (secondary N) is 1. The molecular formula is C12H22BrN3. The zero-order valence-electron chi connectivity index (χ0n) is 10.9. The molecule has 4 heteroatoms. The van der Waals surface area contributed by atoms with Gasteiger partial charge in [0.15, 0.2) is 0 Å². The van der Waals surface area contributed by atoms with E-state index in [0.717, 1.165) is 29.8 Å². The predicted octanol–water partition coefficient (Wildman–Crippen LogP) is 3.11. The Kier molecular flexibility index (Phi) is 4.56. The van der Waals surface area contributed by atoms with Crippen LogP contribution in [0.1, 0.15) is 39.1 Å². The Morgan fingerprint density at radius 1 is 1.38 bits per heavy atom. The van der Waals surface area contributed by atoms with Crippen LogP contribution >= 0.6 is 15.9 Å². The lowest BCUT2D eigenvalue weighted by Crippen LogP contribution is -2.27. The summed E-state index contributed by atoms with van der Waals surface area (Å²) in [7, 11) is 0. The quantitative estimate of drug-likeness (QED) is 0.922. The van der Waals surface area contributed by atoms with Crippen molar-refractivity contribution in [1.29, 1.82) is 0 Å². The molecule has 0 bridgehead atoms. The highest BCUT2D eigenvalue weighted by Gasteiger charge is 2.13. The molecule has 0 spiro atoms. The fraction of sp³-hybridized carbons (Fsp3) is 0.750. The average Bonchev–Trinajstić information content (AvgIpc) is 2.43. The maximum absolute atomic E-state index is 4.47. The first-order chi connectivity index (χ1) is 7.35. The molecule has 0 aliphatic heterocycles. The summed E-state index contributed by atoms with van der Waals surface area (Å²) in [6.45, 7) is 13.6. The molecule has 1 aromatic rings. The third-order valence-electron chi connectivity index (χ3n) is 2.40. The first-order valence-corrected chi connectivity index (χ1v) is 6.57. The maximum Gasteiger partial charge on any atom is 0.0739 e. The van der Waals surface area contributed by atoms with Gasteiger partial charge in [-0.1, -0.05) is 20.8 Å². The number of aryl methyl sites for hydroxylation is 2. The van der Waals surface area contributed by atoms with Gasteiger partial charge in [-0.05, 0) is 35.2 Å². The van der Waals surface area contributed by atoms with E-state index in [1.807, 2.05) is 6.92 Å². The van der Waals surface area contributed by atoms with E-state index in [1.54, 1.807) is 0 Å². The molecule has 0 unspecified atom stereocenters. The Morgan fingerprint density at radius 3 is 2.50 bits per heavy atom. The van der Waals surface area contributed by atoms with E-state index in [-0.39, 0.29) is 0 Å². The number of rotatable bonds is 4. The summed E-state index contributed by atoms with van der Waals surface area (Å²) in [6, 6.07) is 0. The summed E-state index contributed by atoms with van der Waals surface area (Å²) < 4.78 is 3.19. The van der Waals surface area contributed by atoms with Crippen LogP contribution in [0.25, 0.3) is 0 Å². The van der Waals surface area contributed by atoms with Crippen molar-refractivity contribution in [2.45, 2.75) is 47.7 Å². The minimum absolute atomic E-state index is 0.318. The van der Waals surface area contributed by atoms with Crippen LogP contribution < -0.4 is 5.32 Å². The molecule has 1 N–H and O–H groups in total. The lowest BCUT2D eigenvalue weighted by molar-refractivity contribution is 0.375. The highest BCUT2D eigenvalue weighted by molar-refractivity contribution is 9.10. The standard InChI is InChI=1S/C12H22BrN3/c1-6-16-10(11(13)9(2)15-16)7-14-8-12(3,4)5/h14H,6-8H2,1-5H3. The lowest BCUT2D eigenvalue weighted by atomic mass is 9.97. The van der Waals surface area contributed by atoms with E-state index in [4.69, 9.17) is 0 Å². The van der Waals surface area contributed by atoms with Gasteiger partial charge in [-0.15, -0.1) is 0 Å². The molecule has 1 heterocycles. The largest absolute Gasteiger partial charge is 0.311 e. The molecule has 3 nitrogen and oxygen atoms in total. The van der Waals surface area contributed by atoms with Gasteiger partial charge in [0.05, 0.1) is 15.9 Å². The van der Waals surface area contributed by atoms with Crippen LogP contribution in [0.3, 0.4) is 0 Å². The zero-order chi connectivity index (χ0) is 12.3. The van der Waals surface area contributed by atoms with Gasteiger partial charge in [0, 0.05) is 19.6 Å². The van der Waals surface area contributed by atoms with Crippen LogP contribution in [-0.2, 0) is 13.1 Å². The van der Waals surface area contributed by atoms with Gasteiger partial charge < -0.3 is 5.32 Å². The molecular weight excluding hydrogens is 266 g/mol. The van der Waals surface area contributed by atoms with Crippen molar-refractivity contribution in [3.63, 3.8) is 0 Å². The van der Waals surface area contributed by atoms with Gasteiger partial charge in [-0.2, -0.15) is 5.10 Å². The van der Waals surface area contributed by atoms with E-state index in [9.17, 15) is 0 Å². The molecule has 0 amide bonds. The van der Waals surface area contributed by atoms with Crippen LogP contribution in [0, 0.1) is 12.3 Å². The van der Waals surface area contributed by atoms with Crippen LogP contribution in [-0.4, -0.2) is 16.3 Å². The summed E-state index contributed by atoms with van der Waals surface area (Å²) >= 11 is 3.60. The Balaban J connectivity index is 2.66. The number of aromatic nitrogens is 2. The van der Waals surface area contributed by atoms with Crippen LogP contribution in [0.2, 0.25) is 0 Å². The second kappa shape index (κ2) is 5.32. The maximum atomic E-state index is 4.47. The molecule has 0 aliphatic carbocycles. The van der Waals surface area contributed by atoms with Crippen molar-refractivity contribution >= 4 is 15.9 Å². The van der Waals surface area contributed by atoms with Crippen LogP contribution in [0.5, 0.6) is 0 Å². The average molecular weight is 288 g/mol. The van der Waals surface area contributed by atoms with Gasteiger partial charge in [0.2, 0.25) is 0 Å². The molecule has 1 aromatic heterocycles. The minimum Gasteiger partial charge on any atom is -0.311 e. The highest BCUT2D eigenvalue weighted by atomic mass is 79.9. The van der Waals surface area contributed by atoms with E-state index < -0.39 is 0 Å². The molecule has 0 radical (unpaired) electrons. The van der Waals surface area contributed by atoms with Gasteiger partial charge in [0.25, 0.3) is 0 Å². The molecule has 0 atom stereocenters. The zero-order valence-corrected chi connectivity index (χ0v) is 12.5. The molecule has 0 saturated carbocycles. The summed E-state index contributed by atoms with van der Waals surface area (Å²) in [5, 5.41) is 7.95. The number of nitrogens with zero attached hydrogens (tertiary/aromatic N) is 2. The SMILES string of the molecule is CCn1nc(C)c(Br)c1CNCC(C)(C)C. The predicted molar refractivity (Wildman–Crippen MR) is 71.5 cm³/mol. The molecule has 0 aromatic carbocycles. The van der Waals surface area contributed by atoms with Gasteiger partial charge in [0.1, 0.15) is 0 Å². The Labute approximate surface area is 107 Å². The second-order valence-electron chi connectivity index (χ2n) is 5.33. The second-order valence-corrected chi connectivity index (χ2v) is 6.12. The van der Waals surface area contributed by atoms with Crippen molar-refractivity contribution in [2.75, 3.05) is 6.54 Å². The number of hydrogen-bond donors (Lipinski definition) is 1.